The molecule has 0 saturated carbocycles. The first-order valence-corrected chi connectivity index (χ1v) is 9.49. The van der Waals surface area contributed by atoms with E-state index >= 15 is 0 Å². The van der Waals surface area contributed by atoms with Gasteiger partial charge in [0.05, 0.1) is 11.6 Å². The van der Waals surface area contributed by atoms with Gasteiger partial charge in [-0.05, 0) is 48.7 Å². The van der Waals surface area contributed by atoms with E-state index in [1.807, 2.05) is 35.2 Å². The molecule has 1 fully saturated rings. The summed E-state index contributed by atoms with van der Waals surface area (Å²) >= 11 is 0. The zero-order chi connectivity index (χ0) is 18.6. The van der Waals surface area contributed by atoms with Crippen molar-refractivity contribution < 1.29 is 9.53 Å². The third-order valence-electron chi connectivity index (χ3n) is 5.39. The highest BCUT2D eigenvalue weighted by atomic mass is 16.5. The molecule has 0 radical (unpaired) electrons. The summed E-state index contributed by atoms with van der Waals surface area (Å²) in [6.45, 7) is 4.30. The lowest BCUT2D eigenvalue weighted by Gasteiger charge is -2.30. The lowest BCUT2D eigenvalue weighted by atomic mass is 9.99. The second-order valence-corrected chi connectivity index (χ2v) is 7.16. The summed E-state index contributed by atoms with van der Waals surface area (Å²) in [5.74, 6) is 0.963. The van der Waals surface area contributed by atoms with E-state index in [9.17, 15) is 4.79 Å². The molecular formula is C22H23N3O2. The molecule has 0 aliphatic carbocycles. The van der Waals surface area contributed by atoms with Crippen molar-refractivity contribution in [1.29, 1.82) is 5.26 Å². The Labute approximate surface area is 159 Å². The molecule has 1 amide bonds. The minimum atomic E-state index is 0.154. The number of fused-ring (bicyclic) bond motifs is 1. The quantitative estimate of drug-likeness (QED) is 0.822. The van der Waals surface area contributed by atoms with Crippen LogP contribution in [-0.2, 0) is 6.42 Å². The van der Waals surface area contributed by atoms with E-state index in [4.69, 9.17) is 10.00 Å². The Hall–Kier alpha value is -2.84. The zero-order valence-electron chi connectivity index (χ0n) is 15.3. The Balaban J connectivity index is 1.27. The van der Waals surface area contributed by atoms with Crippen LogP contribution in [0.1, 0.15) is 27.9 Å². The summed E-state index contributed by atoms with van der Waals surface area (Å²) in [4.78, 5) is 17.0. The highest BCUT2D eigenvalue weighted by Gasteiger charge is 2.27. The lowest BCUT2D eigenvalue weighted by molar-refractivity contribution is 0.0722. The van der Waals surface area contributed by atoms with E-state index in [0.29, 0.717) is 5.56 Å². The van der Waals surface area contributed by atoms with Crippen molar-refractivity contribution in [3.63, 3.8) is 0 Å². The van der Waals surface area contributed by atoms with Crippen LogP contribution in [0.15, 0.2) is 48.5 Å². The monoisotopic (exact) mass is 361 g/mol. The molecule has 2 aromatic rings. The summed E-state index contributed by atoms with van der Waals surface area (Å²) in [6.07, 6.45) is 2.08. The van der Waals surface area contributed by atoms with E-state index in [1.54, 1.807) is 12.1 Å². The first-order valence-electron chi connectivity index (χ1n) is 9.49. The largest absolute Gasteiger partial charge is 0.489 e. The number of carbonyl (C=O) groups excluding carboxylic acids is 1. The summed E-state index contributed by atoms with van der Waals surface area (Å²) in [5.41, 5.74) is 2.66. The number of nitrogens with zero attached hydrogens (tertiary/aromatic N) is 3. The number of carbonyl (C=O) groups is 1. The highest BCUT2D eigenvalue weighted by molar-refractivity contribution is 5.96. The number of likely N-dealkylation sites (tertiary alicyclic amines) is 1. The van der Waals surface area contributed by atoms with Crippen LogP contribution in [0.25, 0.3) is 0 Å². The van der Waals surface area contributed by atoms with Gasteiger partial charge in [-0.15, -0.1) is 0 Å². The van der Waals surface area contributed by atoms with Crippen LogP contribution in [0.3, 0.4) is 0 Å². The first-order chi connectivity index (χ1) is 13.2. The zero-order valence-corrected chi connectivity index (χ0v) is 15.3. The minimum absolute atomic E-state index is 0.154. The number of hydrogen-bond donors (Lipinski definition) is 0. The van der Waals surface area contributed by atoms with Crippen molar-refractivity contribution in [2.24, 2.45) is 0 Å². The van der Waals surface area contributed by atoms with Gasteiger partial charge >= 0.3 is 0 Å². The van der Waals surface area contributed by atoms with Gasteiger partial charge in [0.15, 0.2) is 0 Å². The number of hydrogen-bond acceptors (Lipinski definition) is 4. The molecule has 1 unspecified atom stereocenters. The normalized spacial score (nSPS) is 19.6. The third kappa shape index (κ3) is 3.96. The molecule has 4 rings (SSSR count). The van der Waals surface area contributed by atoms with Crippen molar-refractivity contribution in [2.75, 3.05) is 32.7 Å². The molecule has 2 aliphatic rings. The molecule has 0 N–H and O–H groups in total. The van der Waals surface area contributed by atoms with Gasteiger partial charge in [0, 0.05) is 38.3 Å². The highest BCUT2D eigenvalue weighted by Crippen LogP contribution is 2.21. The van der Waals surface area contributed by atoms with Crippen LogP contribution < -0.4 is 4.74 Å². The van der Waals surface area contributed by atoms with E-state index in [0.717, 1.165) is 62.4 Å². The van der Waals surface area contributed by atoms with Gasteiger partial charge in [-0.2, -0.15) is 5.26 Å². The molecule has 2 heterocycles. The number of benzene rings is 2. The number of ether oxygens (including phenoxy) is 1. The molecule has 0 aromatic heterocycles. The van der Waals surface area contributed by atoms with Gasteiger partial charge in [-0.25, -0.2) is 0 Å². The van der Waals surface area contributed by atoms with E-state index in [1.165, 1.54) is 0 Å². The van der Waals surface area contributed by atoms with Crippen LogP contribution in [0, 0.1) is 11.3 Å². The van der Waals surface area contributed by atoms with Gasteiger partial charge in [-0.3, -0.25) is 9.69 Å². The van der Waals surface area contributed by atoms with Crippen molar-refractivity contribution in [1.82, 2.24) is 9.80 Å². The second-order valence-electron chi connectivity index (χ2n) is 7.16. The molecule has 0 bridgehead atoms. The summed E-state index contributed by atoms with van der Waals surface area (Å²) < 4.78 is 6.03. The van der Waals surface area contributed by atoms with Crippen LogP contribution in [-0.4, -0.2) is 54.5 Å². The molecule has 2 aromatic carbocycles. The topological polar surface area (TPSA) is 56.6 Å². The van der Waals surface area contributed by atoms with Gasteiger partial charge in [-0.1, -0.05) is 18.2 Å². The summed E-state index contributed by atoms with van der Waals surface area (Å²) in [5, 5.41) is 8.86. The van der Waals surface area contributed by atoms with Crippen molar-refractivity contribution in [2.45, 2.75) is 18.9 Å². The van der Waals surface area contributed by atoms with Crippen LogP contribution in [0.2, 0.25) is 0 Å². The predicted molar refractivity (Wildman–Crippen MR) is 103 cm³/mol. The molecule has 0 spiro atoms. The predicted octanol–water partition coefficient (Wildman–Crippen LogP) is 2.71. The maximum Gasteiger partial charge on any atom is 0.254 e. The first kappa shape index (κ1) is 17.6. The molecule has 27 heavy (non-hydrogen) atoms. The molecule has 1 atom stereocenters. The van der Waals surface area contributed by atoms with Crippen molar-refractivity contribution in [3.8, 4) is 11.8 Å². The lowest BCUT2D eigenvalue weighted by Crippen LogP contribution is -2.42. The second kappa shape index (κ2) is 7.81. The Morgan fingerprint density at radius 1 is 1.07 bits per heavy atom. The number of nitriles is 1. The smallest absolute Gasteiger partial charge is 0.254 e. The third-order valence-corrected chi connectivity index (χ3v) is 5.39. The maximum absolute atomic E-state index is 12.6. The number of amides is 1. The summed E-state index contributed by atoms with van der Waals surface area (Å²) in [6, 6.07) is 17.3. The average Bonchev–Trinajstić information content (AvgIpc) is 3.15. The van der Waals surface area contributed by atoms with E-state index < -0.39 is 0 Å². The van der Waals surface area contributed by atoms with Crippen LogP contribution in [0.4, 0.5) is 0 Å². The SMILES string of the molecule is N#Cc1ccc(OC2CCN(CCN3CCc4ccccc4C3=O)C2)cc1. The van der Waals surface area contributed by atoms with Crippen molar-refractivity contribution >= 4 is 5.91 Å². The maximum atomic E-state index is 12.6. The Bertz CT molecular complexity index is 857. The van der Waals surface area contributed by atoms with Gasteiger partial charge < -0.3 is 9.64 Å². The molecule has 2 aliphatic heterocycles. The molecule has 1 saturated heterocycles. The van der Waals surface area contributed by atoms with E-state index in [2.05, 4.69) is 17.0 Å². The van der Waals surface area contributed by atoms with E-state index in [-0.39, 0.29) is 12.0 Å². The molecule has 5 heteroatoms. The Morgan fingerprint density at radius 2 is 1.89 bits per heavy atom. The van der Waals surface area contributed by atoms with Crippen LogP contribution in [0.5, 0.6) is 5.75 Å². The fourth-order valence-electron chi connectivity index (χ4n) is 3.85. The number of rotatable bonds is 5. The van der Waals surface area contributed by atoms with Gasteiger partial charge in [0.2, 0.25) is 0 Å². The minimum Gasteiger partial charge on any atom is -0.489 e. The summed E-state index contributed by atoms with van der Waals surface area (Å²) in [7, 11) is 0. The standard InChI is InChI=1S/C22H23N3O2/c23-15-17-5-7-19(8-6-17)27-20-10-11-24(16-20)13-14-25-12-9-18-3-1-2-4-21(18)22(25)26/h1-8,20H,9-14,16H2. The average molecular weight is 361 g/mol. The van der Waals surface area contributed by atoms with Gasteiger partial charge in [0.25, 0.3) is 5.91 Å². The fraction of sp³-hybridized carbons (Fsp3) is 0.364. The fourth-order valence-corrected chi connectivity index (χ4v) is 3.85. The van der Waals surface area contributed by atoms with Gasteiger partial charge in [0.1, 0.15) is 11.9 Å². The molecule has 5 nitrogen and oxygen atoms in total. The van der Waals surface area contributed by atoms with Crippen molar-refractivity contribution in [3.05, 3.63) is 65.2 Å². The van der Waals surface area contributed by atoms with Crippen LogP contribution >= 0.6 is 0 Å². The molecule has 138 valence electrons. The Morgan fingerprint density at radius 3 is 2.70 bits per heavy atom. The Kier molecular flexibility index (Phi) is 5.08. The molecular weight excluding hydrogens is 338 g/mol.